The van der Waals surface area contributed by atoms with Crippen LogP contribution in [0.5, 0.6) is 0 Å². The van der Waals surface area contributed by atoms with E-state index in [0.29, 0.717) is 0 Å². The Morgan fingerprint density at radius 2 is 2.67 bits per heavy atom. The third-order valence-corrected chi connectivity index (χ3v) is 1.56. The van der Waals surface area contributed by atoms with Crippen LogP contribution in [0.15, 0.2) is 12.3 Å². The lowest BCUT2D eigenvalue weighted by Crippen LogP contribution is -1.90. The summed E-state index contributed by atoms with van der Waals surface area (Å²) in [6, 6.07) is 1.89. The van der Waals surface area contributed by atoms with Gasteiger partial charge in [0.2, 0.25) is 0 Å². The van der Waals surface area contributed by atoms with E-state index in [-0.39, 0.29) is 0 Å². The molecule has 0 saturated heterocycles. The predicted octanol–water partition coefficient (Wildman–Crippen LogP) is 0.850. The Morgan fingerprint density at radius 1 is 1.67 bits per heavy atom. The zero-order valence-corrected chi connectivity index (χ0v) is 5.02. The van der Waals surface area contributed by atoms with Crippen LogP contribution in [0.3, 0.4) is 0 Å². The van der Waals surface area contributed by atoms with Gasteiger partial charge in [-0.2, -0.15) is 0 Å². The lowest BCUT2D eigenvalue weighted by molar-refractivity contribution is 1.09. The topological polar surface area (TPSA) is 24.9 Å². The van der Waals surface area contributed by atoms with Gasteiger partial charge in [-0.15, -0.1) is 0 Å². The maximum absolute atomic E-state index is 3.89. The van der Waals surface area contributed by atoms with Gasteiger partial charge in [0.1, 0.15) is 0 Å². The summed E-state index contributed by atoms with van der Waals surface area (Å²) in [5.74, 6) is 0. The molecule has 0 saturated carbocycles. The van der Waals surface area contributed by atoms with Crippen molar-refractivity contribution < 1.29 is 0 Å². The van der Waals surface area contributed by atoms with Gasteiger partial charge in [0, 0.05) is 18.4 Å². The largest absolute Gasteiger partial charge is 0.384 e. The highest BCUT2D eigenvalue weighted by Gasteiger charge is 2.07. The van der Waals surface area contributed by atoms with Crippen molar-refractivity contribution in [3.63, 3.8) is 0 Å². The summed E-state index contributed by atoms with van der Waals surface area (Å²) in [5, 5.41) is 3.23. The number of hydrogen-bond acceptors (Lipinski definition) is 2. The summed E-state index contributed by atoms with van der Waals surface area (Å²) in [6.45, 7) is 1.05. The molecule has 0 spiro atoms. The molecule has 1 aromatic rings. The molecule has 1 aliphatic heterocycles. The molecule has 2 rings (SSSR count). The zero-order chi connectivity index (χ0) is 6.10. The number of aromatic nitrogens is 1. The first kappa shape index (κ1) is 4.79. The minimum atomic E-state index is 1.05. The molecule has 0 amide bonds. The van der Waals surface area contributed by atoms with Crippen LogP contribution < -0.4 is 5.32 Å². The molecule has 1 aromatic heterocycles. The molecule has 45 valence electrons. The van der Waals surface area contributed by atoms with E-state index in [1.165, 1.54) is 11.3 Å². The molecule has 1 aliphatic rings. The second-order valence-electron chi connectivity index (χ2n) is 2.15. The van der Waals surface area contributed by atoms with Crippen molar-refractivity contribution in [1.29, 1.82) is 0 Å². The maximum atomic E-state index is 3.89. The first-order valence-corrected chi connectivity index (χ1v) is 3.05. The molecule has 0 unspecified atom stereocenters. The summed E-state index contributed by atoms with van der Waals surface area (Å²) >= 11 is 0. The van der Waals surface area contributed by atoms with Crippen LogP contribution in [0.2, 0.25) is 0 Å². The van der Waals surface area contributed by atoms with E-state index in [9.17, 15) is 0 Å². The highest BCUT2D eigenvalue weighted by atomic mass is 14.9. The molecule has 0 bridgehead atoms. The molecule has 2 nitrogen and oxygen atoms in total. The molecule has 1 N–H and O–H groups in total. The van der Waals surface area contributed by atoms with Gasteiger partial charge in [-0.05, 0) is 18.1 Å². The Hall–Kier alpha value is -1.05. The third-order valence-electron chi connectivity index (χ3n) is 1.56. The highest BCUT2D eigenvalue weighted by Crippen LogP contribution is 2.18. The molecule has 0 aliphatic carbocycles. The Bertz CT molecular complexity index is 197. The lowest BCUT2D eigenvalue weighted by atomic mass is 10.2. The van der Waals surface area contributed by atoms with Crippen LogP contribution in [0, 0.1) is 6.20 Å². The fourth-order valence-electron chi connectivity index (χ4n) is 1.07. The van der Waals surface area contributed by atoms with Gasteiger partial charge in [-0.3, -0.25) is 4.98 Å². The highest BCUT2D eigenvalue weighted by molar-refractivity contribution is 5.53. The average molecular weight is 119 g/mol. The van der Waals surface area contributed by atoms with Crippen molar-refractivity contribution in [3.05, 3.63) is 24.0 Å². The van der Waals surface area contributed by atoms with Gasteiger partial charge in [-0.1, -0.05) is 0 Å². The first-order chi connectivity index (χ1) is 4.47. The van der Waals surface area contributed by atoms with Gasteiger partial charge in [-0.25, -0.2) is 0 Å². The normalized spacial score (nSPS) is 14.7. The molecule has 2 heteroatoms. The number of nitrogens with zero attached hydrogens (tertiary/aromatic N) is 1. The molecule has 9 heavy (non-hydrogen) atoms. The van der Waals surface area contributed by atoms with E-state index in [1.807, 2.05) is 12.3 Å². The third kappa shape index (κ3) is 0.669. The van der Waals surface area contributed by atoms with E-state index in [0.717, 1.165) is 13.0 Å². The van der Waals surface area contributed by atoms with Gasteiger partial charge in [0.05, 0.1) is 6.20 Å². The van der Waals surface area contributed by atoms with Crippen LogP contribution in [-0.4, -0.2) is 11.5 Å². The van der Waals surface area contributed by atoms with Crippen molar-refractivity contribution in [3.8, 4) is 0 Å². The number of nitrogens with one attached hydrogen (secondary N) is 1. The Labute approximate surface area is 53.9 Å². The molecule has 2 heterocycles. The standard InChI is InChI=1S/C7H7N2/c1-4-9-7-2-3-8-5-6(1)7/h2,5,9H,1,4H2. The van der Waals surface area contributed by atoms with Gasteiger partial charge in [0.25, 0.3) is 0 Å². The fourth-order valence-corrected chi connectivity index (χ4v) is 1.07. The van der Waals surface area contributed by atoms with E-state index in [4.69, 9.17) is 0 Å². The lowest BCUT2D eigenvalue weighted by Gasteiger charge is -1.93. The van der Waals surface area contributed by atoms with Crippen LogP contribution >= 0.6 is 0 Å². The number of fused-ring (bicyclic) bond motifs is 1. The second kappa shape index (κ2) is 1.72. The Morgan fingerprint density at radius 3 is 3.56 bits per heavy atom. The van der Waals surface area contributed by atoms with Gasteiger partial charge in [0.15, 0.2) is 0 Å². The quantitative estimate of drug-likeness (QED) is 0.547. The average Bonchev–Trinajstić information content (AvgIpc) is 2.33. The summed E-state index contributed by atoms with van der Waals surface area (Å²) in [7, 11) is 0. The van der Waals surface area contributed by atoms with Crippen LogP contribution in [-0.2, 0) is 6.42 Å². The molecule has 0 aromatic carbocycles. The monoisotopic (exact) mass is 119 g/mol. The van der Waals surface area contributed by atoms with E-state index in [1.54, 1.807) is 0 Å². The second-order valence-corrected chi connectivity index (χ2v) is 2.15. The SMILES string of the molecule is [c]1cc2c(cn1)CCN2. The van der Waals surface area contributed by atoms with Crippen molar-refractivity contribution in [2.75, 3.05) is 11.9 Å². The fraction of sp³-hybridized carbons (Fsp3) is 0.286. The summed E-state index contributed by atoms with van der Waals surface area (Å²) in [5.41, 5.74) is 2.51. The zero-order valence-electron chi connectivity index (χ0n) is 5.02. The number of anilines is 1. The van der Waals surface area contributed by atoms with Crippen molar-refractivity contribution in [2.45, 2.75) is 6.42 Å². The molecule has 0 fully saturated rings. The molecular weight excluding hydrogens is 112 g/mol. The molecule has 1 radical (unpaired) electrons. The van der Waals surface area contributed by atoms with Crippen molar-refractivity contribution in [1.82, 2.24) is 4.98 Å². The number of pyridine rings is 1. The Balaban J connectivity index is 2.54. The van der Waals surface area contributed by atoms with Gasteiger partial charge < -0.3 is 5.32 Å². The van der Waals surface area contributed by atoms with Crippen LogP contribution in [0.4, 0.5) is 5.69 Å². The number of hydrogen-bond donors (Lipinski definition) is 1. The smallest absolute Gasteiger partial charge is 0.0907 e. The summed E-state index contributed by atoms with van der Waals surface area (Å²) < 4.78 is 0. The summed E-state index contributed by atoms with van der Waals surface area (Å²) in [6.07, 6.45) is 5.76. The first-order valence-electron chi connectivity index (χ1n) is 3.05. The van der Waals surface area contributed by atoms with Crippen LogP contribution in [0.25, 0.3) is 0 Å². The minimum absolute atomic E-state index is 1.05. The maximum Gasteiger partial charge on any atom is 0.0907 e. The van der Waals surface area contributed by atoms with Crippen LogP contribution in [0.1, 0.15) is 5.56 Å². The van der Waals surface area contributed by atoms with E-state index in [2.05, 4.69) is 16.5 Å². The Kier molecular flexibility index (Phi) is 0.918. The minimum Gasteiger partial charge on any atom is -0.384 e. The van der Waals surface area contributed by atoms with Gasteiger partial charge >= 0.3 is 0 Å². The van der Waals surface area contributed by atoms with Crippen molar-refractivity contribution in [2.24, 2.45) is 0 Å². The predicted molar refractivity (Wildman–Crippen MR) is 35.3 cm³/mol. The van der Waals surface area contributed by atoms with Crippen molar-refractivity contribution >= 4 is 5.69 Å². The number of rotatable bonds is 0. The molecular formula is C7H7N2. The molecule has 0 atom stereocenters. The van der Waals surface area contributed by atoms with E-state index >= 15 is 0 Å². The summed E-state index contributed by atoms with van der Waals surface area (Å²) in [4.78, 5) is 3.89. The van der Waals surface area contributed by atoms with E-state index < -0.39 is 0 Å².